The summed E-state index contributed by atoms with van der Waals surface area (Å²) in [4.78, 5) is 11.0. The molecule has 1 atom stereocenters. The molecule has 1 rings (SSSR count). The fourth-order valence-electron chi connectivity index (χ4n) is 1.77. The van der Waals surface area contributed by atoms with Crippen molar-refractivity contribution in [3.8, 4) is 0 Å². The summed E-state index contributed by atoms with van der Waals surface area (Å²) in [5.74, 6) is 0.282. The lowest BCUT2D eigenvalue weighted by Crippen LogP contribution is -2.19. The Morgan fingerprint density at radius 1 is 1.57 bits per heavy atom. The first kappa shape index (κ1) is 11.2. The molecular weight excluding hydrogens is 172 g/mol. The van der Waals surface area contributed by atoms with E-state index in [4.69, 9.17) is 0 Å². The van der Waals surface area contributed by atoms with Gasteiger partial charge in [-0.25, -0.2) is 0 Å². The highest BCUT2D eigenvalue weighted by Gasteiger charge is 2.24. The molecule has 0 saturated heterocycles. The Morgan fingerprint density at radius 2 is 2.29 bits per heavy atom. The molecule has 1 nitrogen and oxygen atoms in total. The molecule has 0 aromatic heterocycles. The molecule has 1 aliphatic carbocycles. The Hall–Kier alpha value is -0.850. The lowest BCUT2D eigenvalue weighted by atomic mass is 9.77. The molecule has 78 valence electrons. The minimum Gasteiger partial charge on any atom is -0.295 e. The van der Waals surface area contributed by atoms with Crippen LogP contribution in [0.1, 0.15) is 46.5 Å². The van der Waals surface area contributed by atoms with E-state index in [9.17, 15) is 4.79 Å². The van der Waals surface area contributed by atoms with E-state index in [1.54, 1.807) is 6.08 Å². The Morgan fingerprint density at radius 3 is 2.79 bits per heavy atom. The fraction of sp³-hybridized carbons (Fsp3) is 0.615. The lowest BCUT2D eigenvalue weighted by molar-refractivity contribution is -0.115. The van der Waals surface area contributed by atoms with Crippen molar-refractivity contribution < 1.29 is 4.79 Å². The highest BCUT2D eigenvalue weighted by atomic mass is 16.1. The Bertz CT molecular complexity index is 269. The van der Waals surface area contributed by atoms with Gasteiger partial charge in [0.15, 0.2) is 5.78 Å². The second kappa shape index (κ2) is 4.59. The van der Waals surface area contributed by atoms with E-state index in [-0.39, 0.29) is 11.2 Å². The van der Waals surface area contributed by atoms with Crippen LogP contribution in [0.4, 0.5) is 0 Å². The van der Waals surface area contributed by atoms with Crippen molar-refractivity contribution in [1.82, 2.24) is 0 Å². The van der Waals surface area contributed by atoms with E-state index in [2.05, 4.69) is 32.9 Å². The minimum atomic E-state index is 0.250. The van der Waals surface area contributed by atoms with Crippen LogP contribution in [0.25, 0.3) is 0 Å². The number of rotatable bonds is 3. The Balaban J connectivity index is 2.47. The molecule has 0 aromatic carbocycles. The molecular formula is C13H20O. The van der Waals surface area contributed by atoms with Crippen molar-refractivity contribution in [3.63, 3.8) is 0 Å². The first-order valence-corrected chi connectivity index (χ1v) is 5.37. The van der Waals surface area contributed by atoms with E-state index in [0.29, 0.717) is 0 Å². The molecule has 1 heteroatoms. The maximum atomic E-state index is 11.0. The number of allylic oxidation sites excluding steroid dienone is 4. The Kier molecular flexibility index (Phi) is 3.68. The highest BCUT2D eigenvalue weighted by Crippen LogP contribution is 2.34. The van der Waals surface area contributed by atoms with Crippen molar-refractivity contribution in [2.75, 3.05) is 0 Å². The summed E-state index contributed by atoms with van der Waals surface area (Å²) in [6.45, 7) is 6.50. The summed E-state index contributed by atoms with van der Waals surface area (Å²) < 4.78 is 0. The third kappa shape index (κ3) is 3.49. The first-order valence-electron chi connectivity index (χ1n) is 5.37. The Labute approximate surface area is 86.9 Å². The molecule has 0 heterocycles. The van der Waals surface area contributed by atoms with E-state index in [1.165, 1.54) is 5.57 Å². The zero-order chi connectivity index (χ0) is 10.6. The molecule has 0 radical (unpaired) electrons. The number of hydrogen-bond acceptors (Lipinski definition) is 1. The highest BCUT2D eigenvalue weighted by molar-refractivity contribution is 5.90. The maximum Gasteiger partial charge on any atom is 0.155 e. The number of hydrogen-bond donors (Lipinski definition) is 0. The number of carbonyl (C=O) groups is 1. The van der Waals surface area contributed by atoms with E-state index in [1.807, 2.05) is 0 Å². The summed E-state index contributed by atoms with van der Waals surface area (Å²) in [5.41, 5.74) is 1.63. The van der Waals surface area contributed by atoms with Gasteiger partial charge in [-0.15, -0.1) is 0 Å². The molecule has 0 unspecified atom stereocenters. The number of ketones is 1. The lowest BCUT2D eigenvalue weighted by Gasteiger charge is -2.27. The molecule has 0 saturated carbocycles. The molecule has 0 bridgehead atoms. The van der Waals surface area contributed by atoms with Gasteiger partial charge in [-0.1, -0.05) is 24.6 Å². The zero-order valence-corrected chi connectivity index (χ0v) is 9.47. The third-order valence-electron chi connectivity index (χ3n) is 2.88. The summed E-state index contributed by atoms with van der Waals surface area (Å²) in [6, 6.07) is 0. The van der Waals surface area contributed by atoms with Gasteiger partial charge in [0.2, 0.25) is 0 Å². The van der Waals surface area contributed by atoms with Gasteiger partial charge in [-0.3, -0.25) is 4.79 Å². The smallest absolute Gasteiger partial charge is 0.155 e. The zero-order valence-electron chi connectivity index (χ0n) is 9.47. The molecule has 1 aliphatic rings. The maximum absolute atomic E-state index is 11.0. The standard InChI is InChI=1S/C13H20O/c1-11(2)5-4-8-13(3)9-6-12(14)7-10-13/h5-6,9H,4,7-8,10H2,1-3H3/t13-/m0/s1. The van der Waals surface area contributed by atoms with Gasteiger partial charge in [0.05, 0.1) is 0 Å². The van der Waals surface area contributed by atoms with Crippen LogP contribution >= 0.6 is 0 Å². The first-order chi connectivity index (χ1) is 6.52. The van der Waals surface area contributed by atoms with Crippen LogP contribution in [0.5, 0.6) is 0 Å². The monoisotopic (exact) mass is 192 g/mol. The van der Waals surface area contributed by atoms with Crippen molar-refractivity contribution in [2.24, 2.45) is 5.41 Å². The van der Waals surface area contributed by atoms with Crippen LogP contribution in [0, 0.1) is 5.41 Å². The van der Waals surface area contributed by atoms with Gasteiger partial charge < -0.3 is 0 Å². The van der Waals surface area contributed by atoms with Gasteiger partial charge in [-0.2, -0.15) is 0 Å². The van der Waals surface area contributed by atoms with Gasteiger partial charge >= 0.3 is 0 Å². The SMILES string of the molecule is CC(C)=CCC[C@@]1(C)C=CC(=O)CC1. The van der Waals surface area contributed by atoms with Crippen LogP contribution in [0.2, 0.25) is 0 Å². The normalized spacial score (nSPS) is 26.4. The fourth-order valence-corrected chi connectivity index (χ4v) is 1.77. The van der Waals surface area contributed by atoms with Gasteiger partial charge in [0.1, 0.15) is 0 Å². The van der Waals surface area contributed by atoms with E-state index < -0.39 is 0 Å². The van der Waals surface area contributed by atoms with Crippen molar-refractivity contribution in [3.05, 3.63) is 23.8 Å². The van der Waals surface area contributed by atoms with Crippen LogP contribution in [-0.4, -0.2) is 5.78 Å². The van der Waals surface area contributed by atoms with Gasteiger partial charge in [0, 0.05) is 6.42 Å². The molecule has 14 heavy (non-hydrogen) atoms. The average molecular weight is 192 g/mol. The molecule has 0 aliphatic heterocycles. The number of carbonyl (C=O) groups excluding carboxylic acids is 1. The predicted octanol–water partition coefficient (Wildman–Crippen LogP) is 3.66. The van der Waals surface area contributed by atoms with E-state index in [0.717, 1.165) is 25.7 Å². The van der Waals surface area contributed by atoms with Gasteiger partial charge in [0.25, 0.3) is 0 Å². The summed E-state index contributed by atoms with van der Waals surface area (Å²) in [6.07, 6.45) is 10.1. The summed E-state index contributed by atoms with van der Waals surface area (Å²) in [5, 5.41) is 0. The van der Waals surface area contributed by atoms with Crippen LogP contribution in [0.15, 0.2) is 23.8 Å². The van der Waals surface area contributed by atoms with Crippen LogP contribution < -0.4 is 0 Å². The second-order valence-electron chi connectivity index (χ2n) is 4.77. The van der Waals surface area contributed by atoms with Crippen molar-refractivity contribution >= 4 is 5.78 Å². The summed E-state index contributed by atoms with van der Waals surface area (Å²) in [7, 11) is 0. The third-order valence-corrected chi connectivity index (χ3v) is 2.88. The van der Waals surface area contributed by atoms with Crippen molar-refractivity contribution in [2.45, 2.75) is 46.5 Å². The van der Waals surface area contributed by atoms with Crippen molar-refractivity contribution in [1.29, 1.82) is 0 Å². The summed E-state index contributed by atoms with van der Waals surface area (Å²) >= 11 is 0. The minimum absolute atomic E-state index is 0.250. The molecule has 0 fully saturated rings. The quantitative estimate of drug-likeness (QED) is 0.624. The van der Waals surface area contributed by atoms with Crippen LogP contribution in [0.3, 0.4) is 0 Å². The van der Waals surface area contributed by atoms with Crippen LogP contribution in [-0.2, 0) is 4.79 Å². The molecule has 0 aromatic rings. The van der Waals surface area contributed by atoms with Gasteiger partial charge in [-0.05, 0) is 44.6 Å². The molecule has 0 spiro atoms. The largest absolute Gasteiger partial charge is 0.295 e. The molecule has 0 N–H and O–H groups in total. The molecule has 0 amide bonds. The van der Waals surface area contributed by atoms with E-state index >= 15 is 0 Å². The predicted molar refractivity (Wildman–Crippen MR) is 60.2 cm³/mol. The average Bonchev–Trinajstić information content (AvgIpc) is 2.10. The second-order valence-corrected chi connectivity index (χ2v) is 4.77. The topological polar surface area (TPSA) is 17.1 Å².